The fourth-order valence-corrected chi connectivity index (χ4v) is 1.33. The molecule has 1 fully saturated rings. The van der Waals surface area contributed by atoms with Crippen molar-refractivity contribution in [3.63, 3.8) is 0 Å². The number of hydrogen-bond donors (Lipinski definition) is 2. The zero-order chi connectivity index (χ0) is 9.26. The Hall–Kier alpha value is -0.590. The van der Waals surface area contributed by atoms with E-state index in [-0.39, 0.29) is 24.2 Å². The van der Waals surface area contributed by atoms with Crippen molar-refractivity contribution in [1.82, 2.24) is 15.2 Å². The molecule has 78 valence electrons. The first-order valence-electron chi connectivity index (χ1n) is 3.97. The SMILES string of the molecule is Cl.O=C(Nn1cc(Br)cn1)C1CNC1. The Labute approximate surface area is 95.7 Å². The molecule has 1 aromatic rings. The zero-order valence-electron chi connectivity index (χ0n) is 7.24. The number of halogens is 2. The minimum atomic E-state index is 0. The topological polar surface area (TPSA) is 59.0 Å². The van der Waals surface area contributed by atoms with Crippen molar-refractivity contribution in [2.75, 3.05) is 18.5 Å². The summed E-state index contributed by atoms with van der Waals surface area (Å²) in [7, 11) is 0. The van der Waals surface area contributed by atoms with Crippen LogP contribution in [0.25, 0.3) is 0 Å². The van der Waals surface area contributed by atoms with Gasteiger partial charge in [0.2, 0.25) is 5.91 Å². The summed E-state index contributed by atoms with van der Waals surface area (Å²) in [5.74, 6) is 0.0947. The van der Waals surface area contributed by atoms with Gasteiger partial charge >= 0.3 is 0 Å². The van der Waals surface area contributed by atoms with Crippen LogP contribution in [0.4, 0.5) is 0 Å². The second-order valence-electron chi connectivity index (χ2n) is 2.93. The highest BCUT2D eigenvalue weighted by atomic mass is 79.9. The van der Waals surface area contributed by atoms with Crippen LogP contribution in [0.3, 0.4) is 0 Å². The molecule has 0 atom stereocenters. The number of nitrogens with one attached hydrogen (secondary N) is 2. The highest BCUT2D eigenvalue weighted by Gasteiger charge is 2.24. The molecule has 0 bridgehead atoms. The van der Waals surface area contributed by atoms with Gasteiger partial charge in [-0.15, -0.1) is 12.4 Å². The van der Waals surface area contributed by atoms with E-state index in [2.05, 4.69) is 31.8 Å². The molecule has 7 heteroatoms. The summed E-state index contributed by atoms with van der Waals surface area (Å²) in [4.78, 5) is 12.8. The molecule has 0 aliphatic carbocycles. The predicted molar refractivity (Wildman–Crippen MR) is 57.9 cm³/mol. The van der Waals surface area contributed by atoms with E-state index in [4.69, 9.17) is 0 Å². The van der Waals surface area contributed by atoms with Crippen LogP contribution in [0.1, 0.15) is 0 Å². The van der Waals surface area contributed by atoms with Gasteiger partial charge in [-0.25, -0.2) is 5.43 Å². The largest absolute Gasteiger partial charge is 0.315 e. The highest BCUT2D eigenvalue weighted by Crippen LogP contribution is 2.06. The molecule has 0 saturated carbocycles. The Balaban J connectivity index is 0.000000980. The molecule has 1 aliphatic rings. The molecule has 14 heavy (non-hydrogen) atoms. The van der Waals surface area contributed by atoms with Crippen molar-refractivity contribution in [1.29, 1.82) is 0 Å². The molecule has 0 unspecified atom stereocenters. The monoisotopic (exact) mass is 280 g/mol. The van der Waals surface area contributed by atoms with Gasteiger partial charge in [0.15, 0.2) is 0 Å². The normalized spacial score (nSPS) is 15.5. The van der Waals surface area contributed by atoms with Crippen LogP contribution in [0.2, 0.25) is 0 Å². The van der Waals surface area contributed by atoms with Crippen molar-refractivity contribution < 1.29 is 4.79 Å². The van der Waals surface area contributed by atoms with Crippen LogP contribution in [0.15, 0.2) is 16.9 Å². The number of nitrogens with zero attached hydrogens (tertiary/aromatic N) is 2. The maximum Gasteiger partial charge on any atom is 0.245 e. The molecule has 1 saturated heterocycles. The van der Waals surface area contributed by atoms with Gasteiger partial charge in [-0.05, 0) is 15.9 Å². The number of carbonyl (C=O) groups excluding carboxylic acids is 1. The third-order valence-corrected chi connectivity index (χ3v) is 2.34. The maximum absolute atomic E-state index is 11.4. The number of aromatic nitrogens is 2. The average molecular weight is 282 g/mol. The molecule has 0 aromatic carbocycles. The molecule has 2 heterocycles. The summed E-state index contributed by atoms with van der Waals surface area (Å²) in [6, 6.07) is 0. The van der Waals surface area contributed by atoms with Crippen molar-refractivity contribution in [2.45, 2.75) is 0 Å². The van der Waals surface area contributed by atoms with E-state index in [9.17, 15) is 4.79 Å². The summed E-state index contributed by atoms with van der Waals surface area (Å²) in [5, 5.41) is 6.95. The average Bonchev–Trinajstić information content (AvgIpc) is 2.31. The third kappa shape index (κ3) is 2.46. The lowest BCUT2D eigenvalue weighted by molar-refractivity contribution is -0.122. The third-order valence-electron chi connectivity index (χ3n) is 1.93. The van der Waals surface area contributed by atoms with Gasteiger partial charge in [0.1, 0.15) is 0 Å². The lowest BCUT2D eigenvalue weighted by Crippen LogP contribution is -2.50. The quantitative estimate of drug-likeness (QED) is 0.823. The molecule has 1 aliphatic heterocycles. The van der Waals surface area contributed by atoms with Crippen molar-refractivity contribution >= 4 is 34.2 Å². The second-order valence-corrected chi connectivity index (χ2v) is 3.85. The van der Waals surface area contributed by atoms with Crippen molar-refractivity contribution in [2.24, 2.45) is 5.92 Å². The number of amides is 1. The van der Waals surface area contributed by atoms with Crippen molar-refractivity contribution in [3.8, 4) is 0 Å². The predicted octanol–water partition coefficient (Wildman–Crippen LogP) is 0.357. The Morgan fingerprint density at radius 1 is 1.71 bits per heavy atom. The first-order valence-corrected chi connectivity index (χ1v) is 4.77. The minimum Gasteiger partial charge on any atom is -0.315 e. The van der Waals surface area contributed by atoms with E-state index >= 15 is 0 Å². The van der Waals surface area contributed by atoms with Gasteiger partial charge in [-0.1, -0.05) is 0 Å². The molecule has 2 rings (SSSR count). The lowest BCUT2D eigenvalue weighted by atomic mass is 10.0. The van der Waals surface area contributed by atoms with Crippen LogP contribution >= 0.6 is 28.3 Å². The molecule has 0 radical (unpaired) electrons. The van der Waals surface area contributed by atoms with Gasteiger partial charge in [0.05, 0.1) is 22.8 Å². The lowest BCUT2D eigenvalue weighted by Gasteiger charge is -2.25. The van der Waals surface area contributed by atoms with Gasteiger partial charge < -0.3 is 5.32 Å². The minimum absolute atomic E-state index is 0. The van der Waals surface area contributed by atoms with Crippen LogP contribution in [-0.4, -0.2) is 28.9 Å². The van der Waals surface area contributed by atoms with Gasteiger partial charge in [-0.2, -0.15) is 9.89 Å². The first-order chi connectivity index (χ1) is 6.25. The Kier molecular flexibility index (Phi) is 3.91. The highest BCUT2D eigenvalue weighted by molar-refractivity contribution is 9.10. The Morgan fingerprint density at radius 2 is 2.43 bits per heavy atom. The van der Waals surface area contributed by atoms with Crippen LogP contribution in [0.5, 0.6) is 0 Å². The van der Waals surface area contributed by atoms with Crippen LogP contribution < -0.4 is 10.7 Å². The Morgan fingerprint density at radius 3 is 2.86 bits per heavy atom. The molecule has 5 nitrogen and oxygen atoms in total. The number of rotatable bonds is 2. The zero-order valence-corrected chi connectivity index (χ0v) is 9.64. The second kappa shape index (κ2) is 4.77. The molecule has 1 aromatic heterocycles. The fraction of sp³-hybridized carbons (Fsp3) is 0.429. The van der Waals surface area contributed by atoms with Gasteiger partial charge in [-0.3, -0.25) is 4.79 Å². The summed E-state index contributed by atoms with van der Waals surface area (Å²) in [5.41, 5.74) is 2.66. The van der Waals surface area contributed by atoms with E-state index in [1.165, 1.54) is 4.79 Å². The van der Waals surface area contributed by atoms with Crippen LogP contribution in [0, 0.1) is 5.92 Å². The summed E-state index contributed by atoms with van der Waals surface area (Å²) in [6.45, 7) is 1.52. The van der Waals surface area contributed by atoms with Gasteiger partial charge in [0.25, 0.3) is 0 Å². The maximum atomic E-state index is 11.4. The number of carbonyl (C=O) groups is 1. The molecule has 0 spiro atoms. The smallest absolute Gasteiger partial charge is 0.245 e. The van der Waals surface area contributed by atoms with E-state index in [0.29, 0.717) is 0 Å². The molecule has 1 amide bonds. The number of hydrogen-bond acceptors (Lipinski definition) is 3. The molecular weight excluding hydrogens is 271 g/mol. The van der Waals surface area contributed by atoms with E-state index in [1.54, 1.807) is 12.4 Å². The van der Waals surface area contributed by atoms with Crippen molar-refractivity contribution in [3.05, 3.63) is 16.9 Å². The van der Waals surface area contributed by atoms with E-state index in [1.807, 2.05) is 0 Å². The fourth-order valence-electron chi connectivity index (χ4n) is 1.04. The first kappa shape index (κ1) is 11.5. The van der Waals surface area contributed by atoms with Crippen LogP contribution in [-0.2, 0) is 4.79 Å². The summed E-state index contributed by atoms with van der Waals surface area (Å²) in [6.07, 6.45) is 3.32. The Bertz CT molecular complexity index is 325. The molecular formula is C7H10BrClN4O. The summed E-state index contributed by atoms with van der Waals surface area (Å²) >= 11 is 3.24. The standard InChI is InChI=1S/C7H9BrN4O.ClH/c8-6-3-10-12(4-6)11-7(13)5-1-9-2-5;/h3-5,9H,1-2H2,(H,11,13);1H. The summed E-state index contributed by atoms with van der Waals surface area (Å²) < 4.78 is 0.847. The van der Waals surface area contributed by atoms with E-state index in [0.717, 1.165) is 17.6 Å². The van der Waals surface area contributed by atoms with Gasteiger partial charge in [0, 0.05) is 13.1 Å². The molecule has 2 N–H and O–H groups in total. The van der Waals surface area contributed by atoms with E-state index < -0.39 is 0 Å².